The van der Waals surface area contributed by atoms with Crippen molar-refractivity contribution >= 4 is 11.8 Å². The third kappa shape index (κ3) is 2.45. The molecule has 0 amide bonds. The molecule has 1 aromatic heterocycles. The van der Waals surface area contributed by atoms with Crippen LogP contribution in [0.3, 0.4) is 0 Å². The summed E-state index contributed by atoms with van der Waals surface area (Å²) in [5.41, 5.74) is 8.35. The molecule has 1 aromatic rings. The molecule has 1 atom stereocenters. The second kappa shape index (κ2) is 4.63. The quantitative estimate of drug-likeness (QED) is 0.755. The zero-order valence-electron chi connectivity index (χ0n) is 8.37. The second-order valence-electron chi connectivity index (χ2n) is 3.10. The summed E-state index contributed by atoms with van der Waals surface area (Å²) in [4.78, 5) is 4.31. The Kier molecular flexibility index (Phi) is 3.75. The third-order valence-corrected chi connectivity index (χ3v) is 2.82. The van der Waals surface area contributed by atoms with E-state index in [2.05, 4.69) is 24.9 Å². The zero-order valence-corrected chi connectivity index (χ0v) is 9.19. The Morgan fingerprint density at radius 3 is 2.77 bits per heavy atom. The molecule has 1 heterocycles. The first-order chi connectivity index (χ1) is 6.19. The van der Waals surface area contributed by atoms with Crippen LogP contribution >= 0.6 is 11.8 Å². The van der Waals surface area contributed by atoms with Crippen LogP contribution in [0, 0.1) is 6.92 Å². The van der Waals surface area contributed by atoms with Crippen molar-refractivity contribution in [2.24, 2.45) is 5.73 Å². The Labute approximate surface area is 83.9 Å². The van der Waals surface area contributed by atoms with Crippen molar-refractivity contribution in [2.75, 3.05) is 6.26 Å². The number of aromatic nitrogens is 1. The van der Waals surface area contributed by atoms with Gasteiger partial charge in [-0.3, -0.25) is 0 Å². The molecule has 0 saturated heterocycles. The topological polar surface area (TPSA) is 38.9 Å². The normalized spacial score (nSPS) is 12.9. The minimum atomic E-state index is 0.128. The molecule has 0 spiro atoms. The van der Waals surface area contributed by atoms with Crippen molar-refractivity contribution in [1.82, 2.24) is 4.98 Å². The minimum absolute atomic E-state index is 0.128. The average molecular weight is 196 g/mol. The van der Waals surface area contributed by atoms with Crippen LogP contribution in [0.1, 0.15) is 30.5 Å². The molecule has 2 nitrogen and oxygen atoms in total. The van der Waals surface area contributed by atoms with E-state index >= 15 is 0 Å². The Morgan fingerprint density at radius 1 is 1.62 bits per heavy atom. The monoisotopic (exact) mass is 196 g/mol. The molecule has 0 radical (unpaired) electrons. The van der Waals surface area contributed by atoms with Crippen LogP contribution < -0.4 is 5.73 Å². The molecule has 0 aliphatic rings. The minimum Gasteiger partial charge on any atom is -0.324 e. The fraction of sp³-hybridized carbons (Fsp3) is 0.500. The van der Waals surface area contributed by atoms with E-state index in [1.807, 2.05) is 12.5 Å². The fourth-order valence-electron chi connectivity index (χ4n) is 1.26. The van der Waals surface area contributed by atoms with Crippen molar-refractivity contribution in [3.05, 3.63) is 23.4 Å². The summed E-state index contributed by atoms with van der Waals surface area (Å²) >= 11 is 1.66. The summed E-state index contributed by atoms with van der Waals surface area (Å²) in [5.74, 6) is 0. The number of rotatable bonds is 3. The number of hydrogen-bond donors (Lipinski definition) is 1. The van der Waals surface area contributed by atoms with Gasteiger partial charge in [0.25, 0.3) is 0 Å². The smallest absolute Gasteiger partial charge is 0.0959 e. The zero-order chi connectivity index (χ0) is 9.84. The summed E-state index contributed by atoms with van der Waals surface area (Å²) in [6.45, 7) is 4.18. The van der Waals surface area contributed by atoms with Gasteiger partial charge in [-0.2, -0.15) is 0 Å². The number of pyridine rings is 1. The van der Waals surface area contributed by atoms with E-state index in [0.717, 1.165) is 11.4 Å². The van der Waals surface area contributed by atoms with Crippen molar-refractivity contribution in [2.45, 2.75) is 31.3 Å². The van der Waals surface area contributed by atoms with Crippen LogP contribution in [-0.4, -0.2) is 11.2 Å². The molecule has 0 saturated carbocycles. The van der Waals surface area contributed by atoms with Crippen molar-refractivity contribution < 1.29 is 0 Å². The van der Waals surface area contributed by atoms with Crippen molar-refractivity contribution in [3.8, 4) is 0 Å². The van der Waals surface area contributed by atoms with E-state index in [1.165, 1.54) is 11.1 Å². The molecule has 1 rings (SSSR count). The van der Waals surface area contributed by atoms with Crippen molar-refractivity contribution in [1.29, 1.82) is 0 Å². The van der Waals surface area contributed by atoms with E-state index in [9.17, 15) is 0 Å². The van der Waals surface area contributed by atoms with E-state index in [-0.39, 0.29) is 6.04 Å². The molecule has 0 aliphatic carbocycles. The lowest BCUT2D eigenvalue weighted by atomic mass is 10.0. The number of aryl methyl sites for hydroxylation is 1. The van der Waals surface area contributed by atoms with Gasteiger partial charge < -0.3 is 5.73 Å². The summed E-state index contributed by atoms with van der Waals surface area (Å²) < 4.78 is 0. The van der Waals surface area contributed by atoms with Gasteiger partial charge in [0.15, 0.2) is 0 Å². The fourth-order valence-corrected chi connectivity index (χ4v) is 1.71. The lowest BCUT2D eigenvalue weighted by Gasteiger charge is -2.12. The van der Waals surface area contributed by atoms with Gasteiger partial charge in [0.05, 0.1) is 5.03 Å². The number of thioether (sulfide) groups is 1. The predicted molar refractivity (Wildman–Crippen MR) is 58.0 cm³/mol. The molecule has 0 fully saturated rings. The standard InChI is InChI=1S/C10H16N2S/c1-4-9(11)8-6-12-10(13-3)5-7(8)2/h5-6,9H,4,11H2,1-3H3/t9-/m0/s1. The lowest BCUT2D eigenvalue weighted by molar-refractivity contribution is 0.687. The molecule has 0 aromatic carbocycles. The predicted octanol–water partition coefficient (Wildman–Crippen LogP) is 2.52. The summed E-state index contributed by atoms with van der Waals surface area (Å²) in [6, 6.07) is 2.22. The Balaban J connectivity index is 2.98. The summed E-state index contributed by atoms with van der Waals surface area (Å²) in [6.07, 6.45) is 4.89. The van der Waals surface area contributed by atoms with Gasteiger partial charge in [0, 0.05) is 12.2 Å². The molecule has 72 valence electrons. The van der Waals surface area contributed by atoms with Crippen molar-refractivity contribution in [3.63, 3.8) is 0 Å². The highest BCUT2D eigenvalue weighted by atomic mass is 32.2. The first kappa shape index (κ1) is 10.5. The van der Waals surface area contributed by atoms with Crippen LogP contribution in [0.15, 0.2) is 17.3 Å². The van der Waals surface area contributed by atoms with Crippen LogP contribution in [0.25, 0.3) is 0 Å². The van der Waals surface area contributed by atoms with Gasteiger partial charge in [-0.15, -0.1) is 11.8 Å². The molecular formula is C10H16N2S. The number of nitrogens with zero attached hydrogens (tertiary/aromatic N) is 1. The SMILES string of the molecule is CC[C@H](N)c1cnc(SC)cc1C. The third-order valence-electron chi connectivity index (χ3n) is 2.17. The summed E-state index contributed by atoms with van der Waals surface area (Å²) in [5, 5.41) is 1.06. The molecule has 3 heteroatoms. The Hall–Kier alpha value is -0.540. The Bertz CT molecular complexity index is 286. The molecule has 13 heavy (non-hydrogen) atoms. The molecule has 0 unspecified atom stereocenters. The average Bonchev–Trinajstić information content (AvgIpc) is 2.16. The summed E-state index contributed by atoms with van der Waals surface area (Å²) in [7, 11) is 0. The van der Waals surface area contributed by atoms with Gasteiger partial charge in [-0.1, -0.05) is 6.92 Å². The van der Waals surface area contributed by atoms with Crippen LogP contribution in [0.2, 0.25) is 0 Å². The van der Waals surface area contributed by atoms with Gasteiger partial charge in [-0.25, -0.2) is 4.98 Å². The first-order valence-electron chi connectivity index (χ1n) is 4.45. The van der Waals surface area contributed by atoms with E-state index in [4.69, 9.17) is 5.73 Å². The van der Waals surface area contributed by atoms with E-state index in [0.29, 0.717) is 0 Å². The maximum atomic E-state index is 5.94. The maximum absolute atomic E-state index is 5.94. The van der Waals surface area contributed by atoms with Crippen LogP contribution in [-0.2, 0) is 0 Å². The molecule has 2 N–H and O–H groups in total. The van der Waals surface area contributed by atoms with E-state index in [1.54, 1.807) is 11.8 Å². The van der Waals surface area contributed by atoms with Gasteiger partial charge in [0.2, 0.25) is 0 Å². The number of nitrogens with two attached hydrogens (primary N) is 1. The van der Waals surface area contributed by atoms with E-state index < -0.39 is 0 Å². The molecule has 0 bridgehead atoms. The molecular weight excluding hydrogens is 180 g/mol. The second-order valence-corrected chi connectivity index (χ2v) is 3.92. The van der Waals surface area contributed by atoms with Gasteiger partial charge in [0.1, 0.15) is 0 Å². The lowest BCUT2D eigenvalue weighted by Crippen LogP contribution is -2.10. The van der Waals surface area contributed by atoms with Gasteiger partial charge in [-0.05, 0) is 36.8 Å². The first-order valence-corrected chi connectivity index (χ1v) is 5.67. The van der Waals surface area contributed by atoms with Crippen LogP contribution in [0.4, 0.5) is 0 Å². The highest BCUT2D eigenvalue weighted by Gasteiger charge is 2.07. The van der Waals surface area contributed by atoms with Gasteiger partial charge >= 0.3 is 0 Å². The maximum Gasteiger partial charge on any atom is 0.0959 e. The molecule has 0 aliphatic heterocycles. The highest BCUT2D eigenvalue weighted by Crippen LogP contribution is 2.21. The van der Waals surface area contributed by atoms with Crippen LogP contribution in [0.5, 0.6) is 0 Å². The largest absolute Gasteiger partial charge is 0.324 e. The Morgan fingerprint density at radius 2 is 2.31 bits per heavy atom. The number of hydrogen-bond acceptors (Lipinski definition) is 3. The highest BCUT2D eigenvalue weighted by molar-refractivity contribution is 7.98.